The highest BCUT2D eigenvalue weighted by Crippen LogP contribution is 2.36. The van der Waals surface area contributed by atoms with Crippen molar-refractivity contribution in [3.8, 4) is 0 Å². The molecule has 374 valence electrons. The van der Waals surface area contributed by atoms with Crippen LogP contribution in [0.5, 0.6) is 0 Å². The van der Waals surface area contributed by atoms with Gasteiger partial charge in [-0.1, -0.05) is 171 Å². The van der Waals surface area contributed by atoms with Gasteiger partial charge in [0.2, 0.25) is 0 Å². The minimum Gasteiger partial charge on any atom is -0.452 e. The van der Waals surface area contributed by atoms with Crippen molar-refractivity contribution in [3.63, 3.8) is 0 Å². The molecule has 0 bridgehead atoms. The molecule has 2 aliphatic rings. The fraction of sp³-hybridized carbons (Fsp3) is 0.362. The van der Waals surface area contributed by atoms with Crippen LogP contribution in [-0.2, 0) is 87.0 Å². The number of esters is 1. The summed E-state index contributed by atoms with van der Waals surface area (Å²) < 4.78 is 64.1. The maximum Gasteiger partial charge on any atom is 0.338 e. The maximum absolute atomic E-state index is 14.3. The highest BCUT2D eigenvalue weighted by molar-refractivity contribution is 7.99. The van der Waals surface area contributed by atoms with E-state index in [1.54, 1.807) is 24.3 Å². The quantitative estimate of drug-likeness (QED) is 0.0548. The zero-order valence-corrected chi connectivity index (χ0v) is 41.0. The van der Waals surface area contributed by atoms with Gasteiger partial charge in [0, 0.05) is 7.11 Å². The summed E-state index contributed by atoms with van der Waals surface area (Å²) in [5, 5.41) is 11.8. The van der Waals surface area contributed by atoms with E-state index in [4.69, 9.17) is 47.4 Å². The summed E-state index contributed by atoms with van der Waals surface area (Å²) >= 11 is 1.54. The third kappa shape index (κ3) is 15.1. The first kappa shape index (κ1) is 52.1. The van der Waals surface area contributed by atoms with E-state index < -0.39 is 66.5 Å². The van der Waals surface area contributed by atoms with Crippen LogP contribution in [0.2, 0.25) is 0 Å². The van der Waals surface area contributed by atoms with Crippen molar-refractivity contribution in [1.82, 2.24) is 0 Å². The van der Waals surface area contributed by atoms with Gasteiger partial charge in [-0.15, -0.1) is 11.8 Å². The van der Waals surface area contributed by atoms with Crippen molar-refractivity contribution >= 4 is 17.7 Å². The van der Waals surface area contributed by atoms with E-state index in [0.29, 0.717) is 24.5 Å². The Morgan fingerprint density at radius 2 is 0.887 bits per heavy atom. The SMILES string of the molecule is CCS[C@@H]1O[C@H](COCc2ccccc2)[C@@H](OCc2ccccc2)[C@H](OCc2ccccc2)[C@H]1OC(=O)c1ccc(CO[C@H]2[C@H](O)[C@@H](COCc3ccccc3)O[C@H](OC)[C@@H]2OCc2ccccc2)cc1. The topological polar surface area (TPSA) is 130 Å². The molecule has 0 unspecified atom stereocenters. The van der Waals surface area contributed by atoms with Gasteiger partial charge in [-0.05, 0) is 51.3 Å². The second-order valence-electron chi connectivity index (χ2n) is 17.4. The lowest BCUT2D eigenvalue weighted by Gasteiger charge is -2.45. The van der Waals surface area contributed by atoms with Gasteiger partial charge in [0.05, 0.1) is 58.4 Å². The highest BCUT2D eigenvalue weighted by Gasteiger charge is 2.50. The highest BCUT2D eigenvalue weighted by atomic mass is 32.2. The molecule has 71 heavy (non-hydrogen) atoms. The number of hydrogen-bond donors (Lipinski definition) is 1. The summed E-state index contributed by atoms with van der Waals surface area (Å²) in [5.41, 5.74) is 5.42. The number of methoxy groups -OCH3 is 1. The zero-order valence-electron chi connectivity index (χ0n) is 40.2. The number of carbonyl (C=O) groups excluding carboxylic acids is 1. The number of benzene rings is 6. The molecule has 10 atom stereocenters. The Bertz CT molecular complexity index is 2420. The second kappa shape index (κ2) is 27.5. The molecule has 8 rings (SSSR count). The molecule has 0 aliphatic carbocycles. The largest absolute Gasteiger partial charge is 0.452 e. The van der Waals surface area contributed by atoms with Gasteiger partial charge in [-0.25, -0.2) is 4.79 Å². The van der Waals surface area contributed by atoms with Gasteiger partial charge in [0.15, 0.2) is 12.4 Å². The standard InChI is InChI=1S/C58H64O12S/c1-3-71-58-55(53(66-36-44-25-15-7-16-26-44)51(64-35-43-23-13-6-14-24-43)49(69-58)40-63-34-42-21-11-5-12-22-42)70-56(60)47-31-29-46(30-32-47)38-65-52-50(59)48(39-62-33-41-19-9-4-10-20-41)68-57(61-2)54(52)67-37-45-27-17-8-18-28-45/h4-32,48-55,57-59H,3,33-40H2,1-2H3/t48-,49-,50-,51-,52+,53+,54-,55-,57+,58+/m1/s1. The first-order chi connectivity index (χ1) is 34.9. The molecule has 12 nitrogen and oxygen atoms in total. The van der Waals surface area contributed by atoms with Crippen LogP contribution in [0.1, 0.15) is 50.7 Å². The third-order valence-corrected chi connectivity index (χ3v) is 13.3. The molecule has 2 heterocycles. The molecule has 0 radical (unpaired) electrons. The molecule has 0 aromatic heterocycles. The molecule has 1 N–H and O–H groups in total. The predicted molar refractivity (Wildman–Crippen MR) is 270 cm³/mol. The molecular weight excluding hydrogens is 921 g/mol. The fourth-order valence-corrected chi connectivity index (χ4v) is 9.52. The Morgan fingerprint density at radius 1 is 0.479 bits per heavy atom. The van der Waals surface area contributed by atoms with Gasteiger partial charge in [-0.3, -0.25) is 0 Å². The van der Waals surface area contributed by atoms with E-state index in [2.05, 4.69) is 0 Å². The van der Waals surface area contributed by atoms with Crippen LogP contribution in [0, 0.1) is 0 Å². The fourth-order valence-electron chi connectivity index (χ4n) is 8.57. The van der Waals surface area contributed by atoms with Crippen LogP contribution in [0.15, 0.2) is 176 Å². The molecule has 6 aromatic rings. The summed E-state index contributed by atoms with van der Waals surface area (Å²) in [6, 6.07) is 56.4. The Balaban J connectivity index is 0.982. The monoisotopic (exact) mass is 984 g/mol. The van der Waals surface area contributed by atoms with E-state index in [1.165, 1.54) is 18.9 Å². The maximum atomic E-state index is 14.3. The molecule has 2 saturated heterocycles. The summed E-state index contributed by atoms with van der Waals surface area (Å²) in [5.74, 6) is 0.149. The smallest absolute Gasteiger partial charge is 0.338 e. The van der Waals surface area contributed by atoms with Crippen molar-refractivity contribution in [2.45, 2.75) is 107 Å². The summed E-state index contributed by atoms with van der Waals surface area (Å²) in [6.07, 6.45) is -7.18. The molecule has 2 fully saturated rings. The normalized spacial score (nSPS) is 24.3. The van der Waals surface area contributed by atoms with E-state index in [9.17, 15) is 9.90 Å². The van der Waals surface area contributed by atoms with Crippen molar-refractivity contribution < 1.29 is 57.3 Å². The molecular formula is C58H64O12S. The average molecular weight is 985 g/mol. The van der Waals surface area contributed by atoms with Crippen molar-refractivity contribution in [2.24, 2.45) is 0 Å². The van der Waals surface area contributed by atoms with Gasteiger partial charge in [0.25, 0.3) is 0 Å². The third-order valence-electron chi connectivity index (χ3n) is 12.3. The molecule has 13 heteroatoms. The number of ether oxygens (including phenoxy) is 10. The van der Waals surface area contributed by atoms with E-state index >= 15 is 0 Å². The molecule has 2 aliphatic heterocycles. The minimum absolute atomic E-state index is 0.0888. The number of thioether (sulfide) groups is 1. The zero-order chi connectivity index (χ0) is 49.0. The number of aliphatic hydroxyl groups is 1. The second-order valence-corrected chi connectivity index (χ2v) is 18.8. The Labute approximate surface area is 421 Å². The molecule has 0 amide bonds. The summed E-state index contributed by atoms with van der Waals surface area (Å²) in [7, 11) is 1.54. The average Bonchev–Trinajstić information content (AvgIpc) is 3.42. The minimum atomic E-state index is -1.12. The van der Waals surface area contributed by atoms with Crippen molar-refractivity contribution in [3.05, 3.63) is 215 Å². The van der Waals surface area contributed by atoms with Gasteiger partial charge in [-0.2, -0.15) is 0 Å². The van der Waals surface area contributed by atoms with Crippen molar-refractivity contribution in [2.75, 3.05) is 26.1 Å². The Morgan fingerprint density at radius 3 is 1.35 bits per heavy atom. The van der Waals surface area contributed by atoms with Gasteiger partial charge in [0.1, 0.15) is 48.2 Å². The number of aliphatic hydroxyl groups excluding tert-OH is 1. The predicted octanol–water partition coefficient (Wildman–Crippen LogP) is 9.50. The lowest BCUT2D eigenvalue weighted by atomic mass is 9.98. The lowest BCUT2D eigenvalue weighted by molar-refractivity contribution is -0.315. The molecule has 6 aromatic carbocycles. The Hall–Kier alpha value is -5.26. The van der Waals surface area contributed by atoms with Gasteiger partial charge < -0.3 is 52.5 Å². The van der Waals surface area contributed by atoms with Crippen LogP contribution >= 0.6 is 11.8 Å². The van der Waals surface area contributed by atoms with Crippen LogP contribution in [0.3, 0.4) is 0 Å². The van der Waals surface area contributed by atoms with E-state index in [1.807, 2.05) is 159 Å². The van der Waals surface area contributed by atoms with Crippen LogP contribution in [-0.4, -0.2) is 97.7 Å². The van der Waals surface area contributed by atoms with Crippen LogP contribution in [0.25, 0.3) is 0 Å². The first-order valence-corrected chi connectivity index (χ1v) is 25.3. The number of carbonyl (C=O) groups is 1. The molecule has 0 saturated carbocycles. The lowest BCUT2D eigenvalue weighted by Crippen LogP contribution is -2.60. The summed E-state index contributed by atoms with van der Waals surface area (Å²) in [4.78, 5) is 14.3. The van der Waals surface area contributed by atoms with Crippen LogP contribution in [0.4, 0.5) is 0 Å². The van der Waals surface area contributed by atoms with E-state index in [-0.39, 0.29) is 39.6 Å². The van der Waals surface area contributed by atoms with Crippen LogP contribution < -0.4 is 0 Å². The summed E-state index contributed by atoms with van der Waals surface area (Å²) in [6.45, 7) is 3.98. The number of hydrogen-bond acceptors (Lipinski definition) is 13. The first-order valence-electron chi connectivity index (χ1n) is 24.2. The van der Waals surface area contributed by atoms with Crippen molar-refractivity contribution in [1.29, 1.82) is 0 Å². The van der Waals surface area contributed by atoms with Gasteiger partial charge >= 0.3 is 5.97 Å². The molecule has 0 spiro atoms. The Kier molecular flexibility index (Phi) is 20.2. The number of rotatable bonds is 25. The van der Waals surface area contributed by atoms with E-state index in [0.717, 1.165) is 33.4 Å².